The molecule has 0 saturated heterocycles. The van der Waals surface area contributed by atoms with Gasteiger partial charge in [-0.3, -0.25) is 0 Å². The molecule has 3 rings (SSSR count). The van der Waals surface area contributed by atoms with Crippen molar-refractivity contribution in [2.24, 2.45) is 5.73 Å². The van der Waals surface area contributed by atoms with Gasteiger partial charge < -0.3 is 21.1 Å². The van der Waals surface area contributed by atoms with E-state index >= 15 is 0 Å². The number of anilines is 2. The van der Waals surface area contributed by atoms with Gasteiger partial charge in [0.1, 0.15) is 5.82 Å². The van der Waals surface area contributed by atoms with E-state index in [0.29, 0.717) is 35.4 Å². The lowest BCUT2D eigenvalue weighted by Gasteiger charge is -2.26. The highest BCUT2D eigenvalue weighted by Crippen LogP contribution is 2.28. The first-order chi connectivity index (χ1) is 13.2. The molecule has 8 heteroatoms. The molecule has 27 heavy (non-hydrogen) atoms. The summed E-state index contributed by atoms with van der Waals surface area (Å²) in [5.41, 5.74) is 7.58. The molecule has 2 aromatic rings. The van der Waals surface area contributed by atoms with Crippen LogP contribution >= 0.6 is 11.6 Å². The fraction of sp³-hybridized carbons (Fsp3) is 0.526. The highest BCUT2D eigenvalue weighted by molar-refractivity contribution is 6.32. The molecule has 1 aliphatic carbocycles. The second-order valence-corrected chi connectivity index (χ2v) is 7.26. The Hall–Kier alpha value is -1.96. The van der Waals surface area contributed by atoms with Crippen molar-refractivity contribution in [2.75, 3.05) is 30.9 Å². The van der Waals surface area contributed by atoms with Gasteiger partial charge in [0.2, 0.25) is 5.95 Å². The average Bonchev–Trinajstić information content (AvgIpc) is 2.69. The lowest BCUT2D eigenvalue weighted by molar-refractivity contribution is 0.198. The Balaban J connectivity index is 1.70. The molecule has 0 radical (unpaired) electrons. The van der Waals surface area contributed by atoms with Gasteiger partial charge in [-0.1, -0.05) is 11.6 Å². The third-order valence-electron chi connectivity index (χ3n) is 4.71. The van der Waals surface area contributed by atoms with E-state index in [4.69, 9.17) is 22.1 Å². The Bertz CT molecular complexity index is 736. The normalized spacial score (nSPS) is 19.7. The van der Waals surface area contributed by atoms with Crippen LogP contribution in [0, 0.1) is 0 Å². The molecule has 7 nitrogen and oxygen atoms in total. The fourth-order valence-electron chi connectivity index (χ4n) is 3.19. The van der Waals surface area contributed by atoms with Crippen LogP contribution in [-0.4, -0.2) is 47.3 Å². The van der Waals surface area contributed by atoms with Gasteiger partial charge in [-0.2, -0.15) is 0 Å². The summed E-state index contributed by atoms with van der Waals surface area (Å²) in [7, 11) is 1.70. The molecule has 0 atom stereocenters. The van der Waals surface area contributed by atoms with E-state index in [1.54, 1.807) is 19.5 Å². The zero-order chi connectivity index (χ0) is 19.1. The van der Waals surface area contributed by atoms with Crippen LogP contribution in [0.4, 0.5) is 11.8 Å². The first kappa shape index (κ1) is 19.8. The topological polar surface area (TPSA) is 98.0 Å². The largest absolute Gasteiger partial charge is 0.385 e. The molecule has 0 amide bonds. The summed E-state index contributed by atoms with van der Waals surface area (Å²) in [6.45, 7) is 1.50. The van der Waals surface area contributed by atoms with E-state index in [2.05, 4.69) is 25.6 Å². The van der Waals surface area contributed by atoms with Gasteiger partial charge in [0.25, 0.3) is 0 Å². The Kier molecular flexibility index (Phi) is 7.20. The van der Waals surface area contributed by atoms with E-state index in [1.165, 1.54) is 0 Å². The summed E-state index contributed by atoms with van der Waals surface area (Å²) in [5.74, 6) is 1.38. The molecule has 1 aliphatic rings. The molecule has 2 heterocycles. The smallest absolute Gasteiger partial charge is 0.223 e. The first-order valence-corrected chi connectivity index (χ1v) is 9.77. The number of hydrogen-bond donors (Lipinski definition) is 3. The van der Waals surface area contributed by atoms with E-state index in [0.717, 1.165) is 50.0 Å². The number of rotatable bonds is 8. The lowest BCUT2D eigenvalue weighted by Crippen LogP contribution is -2.33. The van der Waals surface area contributed by atoms with E-state index in [9.17, 15) is 0 Å². The van der Waals surface area contributed by atoms with Gasteiger partial charge >= 0.3 is 0 Å². The zero-order valence-corrected chi connectivity index (χ0v) is 16.4. The maximum atomic E-state index is 6.36. The number of halogens is 1. The lowest BCUT2D eigenvalue weighted by atomic mass is 9.92. The maximum absolute atomic E-state index is 6.36. The number of pyridine rings is 1. The number of aromatic nitrogens is 3. The minimum absolute atomic E-state index is 0.316. The summed E-state index contributed by atoms with van der Waals surface area (Å²) in [6.07, 6.45) is 8.44. The van der Waals surface area contributed by atoms with Crippen molar-refractivity contribution < 1.29 is 4.74 Å². The van der Waals surface area contributed by atoms with Crippen molar-refractivity contribution in [1.29, 1.82) is 0 Å². The van der Waals surface area contributed by atoms with Crippen LogP contribution in [-0.2, 0) is 4.74 Å². The van der Waals surface area contributed by atoms with Crippen LogP contribution in [0.1, 0.15) is 32.1 Å². The standard InChI is InChI=1S/C19H27ClN6O/c1-27-10-2-8-22-17-11-13(7-9-23-17)18-16(20)12-24-19(26-18)25-15-5-3-14(21)4-6-15/h7,9,11-12,14-15H,2-6,8,10,21H2,1H3,(H,22,23)(H,24,25,26). The Morgan fingerprint density at radius 2 is 2.07 bits per heavy atom. The Morgan fingerprint density at radius 3 is 2.85 bits per heavy atom. The van der Waals surface area contributed by atoms with Crippen molar-refractivity contribution in [3.63, 3.8) is 0 Å². The van der Waals surface area contributed by atoms with Crippen LogP contribution < -0.4 is 16.4 Å². The monoisotopic (exact) mass is 390 g/mol. The predicted molar refractivity (Wildman–Crippen MR) is 109 cm³/mol. The molecule has 4 N–H and O–H groups in total. The van der Waals surface area contributed by atoms with Gasteiger partial charge in [0, 0.05) is 44.1 Å². The van der Waals surface area contributed by atoms with E-state index in [-0.39, 0.29) is 0 Å². The molecule has 1 fully saturated rings. The van der Waals surface area contributed by atoms with Crippen LogP contribution in [0.5, 0.6) is 0 Å². The zero-order valence-electron chi connectivity index (χ0n) is 15.6. The molecule has 2 aromatic heterocycles. The summed E-state index contributed by atoms with van der Waals surface area (Å²) >= 11 is 6.36. The van der Waals surface area contributed by atoms with E-state index in [1.807, 2.05) is 12.1 Å². The minimum Gasteiger partial charge on any atom is -0.385 e. The second-order valence-electron chi connectivity index (χ2n) is 6.85. The number of hydrogen-bond acceptors (Lipinski definition) is 7. The van der Waals surface area contributed by atoms with Crippen molar-refractivity contribution in [3.05, 3.63) is 29.5 Å². The summed E-state index contributed by atoms with van der Waals surface area (Å²) in [6, 6.07) is 4.52. The summed E-state index contributed by atoms with van der Waals surface area (Å²) in [5, 5.41) is 7.23. The van der Waals surface area contributed by atoms with Gasteiger partial charge in [-0.15, -0.1) is 0 Å². The van der Waals surface area contributed by atoms with Crippen molar-refractivity contribution in [1.82, 2.24) is 15.0 Å². The Morgan fingerprint density at radius 1 is 1.26 bits per heavy atom. The number of nitrogens with one attached hydrogen (secondary N) is 2. The molecular weight excluding hydrogens is 364 g/mol. The Labute approximate surface area is 165 Å². The van der Waals surface area contributed by atoms with Crippen molar-refractivity contribution in [3.8, 4) is 11.3 Å². The number of nitrogens with two attached hydrogens (primary N) is 1. The number of methoxy groups -OCH3 is 1. The molecular formula is C19H27ClN6O. The van der Waals surface area contributed by atoms with Crippen molar-refractivity contribution >= 4 is 23.4 Å². The first-order valence-electron chi connectivity index (χ1n) is 9.39. The highest BCUT2D eigenvalue weighted by Gasteiger charge is 2.19. The molecule has 0 aromatic carbocycles. The van der Waals surface area contributed by atoms with Gasteiger partial charge in [-0.05, 0) is 44.2 Å². The molecule has 0 bridgehead atoms. The third-order valence-corrected chi connectivity index (χ3v) is 4.99. The maximum Gasteiger partial charge on any atom is 0.223 e. The van der Waals surface area contributed by atoms with Crippen LogP contribution in [0.2, 0.25) is 5.02 Å². The molecule has 0 unspecified atom stereocenters. The summed E-state index contributed by atoms with van der Waals surface area (Å²) in [4.78, 5) is 13.3. The van der Waals surface area contributed by atoms with Crippen molar-refractivity contribution in [2.45, 2.75) is 44.2 Å². The molecule has 0 spiro atoms. The van der Waals surface area contributed by atoms with Crippen LogP contribution in [0.25, 0.3) is 11.3 Å². The minimum atomic E-state index is 0.316. The van der Waals surface area contributed by atoms with Crippen LogP contribution in [0.3, 0.4) is 0 Å². The predicted octanol–water partition coefficient (Wildman–Crippen LogP) is 3.32. The quantitative estimate of drug-likeness (QED) is 0.594. The molecule has 0 aliphatic heterocycles. The van der Waals surface area contributed by atoms with Gasteiger partial charge in [-0.25, -0.2) is 15.0 Å². The fourth-order valence-corrected chi connectivity index (χ4v) is 3.39. The SMILES string of the molecule is COCCCNc1cc(-c2nc(NC3CCC(N)CC3)ncc2Cl)ccn1. The third kappa shape index (κ3) is 5.76. The van der Waals surface area contributed by atoms with Gasteiger partial charge in [0.15, 0.2) is 0 Å². The average molecular weight is 391 g/mol. The highest BCUT2D eigenvalue weighted by atomic mass is 35.5. The van der Waals surface area contributed by atoms with Gasteiger partial charge in [0.05, 0.1) is 16.9 Å². The van der Waals surface area contributed by atoms with E-state index < -0.39 is 0 Å². The second kappa shape index (κ2) is 9.82. The number of ether oxygens (including phenoxy) is 1. The van der Waals surface area contributed by atoms with Crippen LogP contribution in [0.15, 0.2) is 24.5 Å². The molecule has 146 valence electrons. The molecule has 1 saturated carbocycles. The number of nitrogens with zero attached hydrogens (tertiary/aromatic N) is 3. The summed E-state index contributed by atoms with van der Waals surface area (Å²) < 4.78 is 5.06.